The van der Waals surface area contributed by atoms with E-state index in [9.17, 15) is 18.4 Å². The molecule has 0 bridgehead atoms. The van der Waals surface area contributed by atoms with Gasteiger partial charge in [-0.25, -0.2) is 8.78 Å². The highest BCUT2D eigenvalue weighted by Gasteiger charge is 2.44. The average Bonchev–Trinajstić information content (AvgIpc) is 3.33. The molecule has 1 aliphatic carbocycles. The van der Waals surface area contributed by atoms with Gasteiger partial charge in [0.1, 0.15) is 0 Å². The maximum atomic E-state index is 13.9. The summed E-state index contributed by atoms with van der Waals surface area (Å²) >= 11 is 0. The van der Waals surface area contributed by atoms with Crippen LogP contribution in [0.3, 0.4) is 0 Å². The zero-order valence-corrected chi connectivity index (χ0v) is 18.3. The molecule has 0 N–H and O–H groups in total. The van der Waals surface area contributed by atoms with Crippen LogP contribution < -0.4 is 9.47 Å². The predicted molar refractivity (Wildman–Crippen MR) is 116 cm³/mol. The number of hydrogen-bond acceptors (Lipinski definition) is 4. The number of halogens is 2. The van der Waals surface area contributed by atoms with E-state index < -0.39 is 17.0 Å². The lowest BCUT2D eigenvalue weighted by molar-refractivity contribution is -0.140. The van der Waals surface area contributed by atoms with E-state index in [0.29, 0.717) is 37.7 Å². The summed E-state index contributed by atoms with van der Waals surface area (Å²) in [4.78, 5) is 30.0. The van der Waals surface area contributed by atoms with Crippen molar-refractivity contribution in [2.24, 2.45) is 0 Å². The molecule has 2 aliphatic heterocycles. The van der Waals surface area contributed by atoms with Gasteiger partial charge in [-0.1, -0.05) is 25.3 Å². The zero-order valence-electron chi connectivity index (χ0n) is 18.3. The number of benzene rings is 2. The van der Waals surface area contributed by atoms with Gasteiger partial charge in [0.2, 0.25) is 12.7 Å². The van der Waals surface area contributed by atoms with Crippen molar-refractivity contribution in [1.82, 2.24) is 9.80 Å². The third-order valence-electron chi connectivity index (χ3n) is 7.06. The number of hydrogen-bond donors (Lipinski definition) is 0. The summed E-state index contributed by atoms with van der Waals surface area (Å²) in [6, 6.07) is 8.95. The number of piperazine rings is 1. The second-order valence-corrected chi connectivity index (χ2v) is 8.92. The summed E-state index contributed by atoms with van der Waals surface area (Å²) in [5.41, 5.74) is 0.459. The van der Waals surface area contributed by atoms with Gasteiger partial charge in [-0.05, 0) is 48.7 Å². The van der Waals surface area contributed by atoms with Crippen LogP contribution in [0.5, 0.6) is 11.5 Å². The fourth-order valence-electron chi connectivity index (χ4n) is 5.20. The quantitative estimate of drug-likeness (QED) is 0.704. The first-order chi connectivity index (χ1) is 16.0. The summed E-state index contributed by atoms with van der Waals surface area (Å²) < 4.78 is 37.8. The van der Waals surface area contributed by atoms with Gasteiger partial charge in [-0.2, -0.15) is 0 Å². The molecule has 3 aliphatic rings. The Morgan fingerprint density at radius 1 is 0.788 bits per heavy atom. The van der Waals surface area contributed by atoms with Crippen LogP contribution in [0.2, 0.25) is 0 Å². The number of amides is 2. The molecule has 1 saturated heterocycles. The fraction of sp³-hybridized carbons (Fsp3) is 0.440. The second-order valence-electron chi connectivity index (χ2n) is 8.92. The molecule has 0 radical (unpaired) electrons. The van der Waals surface area contributed by atoms with Crippen LogP contribution in [0.4, 0.5) is 8.78 Å². The summed E-state index contributed by atoms with van der Waals surface area (Å²) in [6.45, 7) is 1.69. The van der Waals surface area contributed by atoms with Crippen LogP contribution in [0.1, 0.15) is 48.0 Å². The number of ether oxygens (including phenoxy) is 2. The number of carbonyl (C=O) groups is 2. The van der Waals surface area contributed by atoms with E-state index in [1.54, 1.807) is 4.90 Å². The second kappa shape index (κ2) is 8.65. The standard InChI is InChI=1S/C25H26F2N2O4/c26-19-6-4-17(14-20(19)27)23(30)28-10-12-29(13-11-28)24(31)25(8-2-1-3-9-25)18-5-7-21-22(15-18)33-16-32-21/h4-7,14-15H,1-3,8-13,16H2. The Hall–Kier alpha value is -3.16. The molecule has 0 atom stereocenters. The summed E-state index contributed by atoms with van der Waals surface area (Å²) in [5, 5.41) is 0. The van der Waals surface area contributed by atoms with Gasteiger partial charge in [0, 0.05) is 31.7 Å². The van der Waals surface area contributed by atoms with Crippen molar-refractivity contribution in [3.05, 3.63) is 59.2 Å². The number of rotatable bonds is 3. The van der Waals surface area contributed by atoms with Crippen LogP contribution in [0.15, 0.2) is 36.4 Å². The largest absolute Gasteiger partial charge is 0.454 e. The van der Waals surface area contributed by atoms with Crippen LogP contribution in [-0.4, -0.2) is 54.6 Å². The van der Waals surface area contributed by atoms with Crippen molar-refractivity contribution in [1.29, 1.82) is 0 Å². The first-order valence-electron chi connectivity index (χ1n) is 11.4. The Balaban J connectivity index is 1.32. The molecule has 2 aromatic rings. The van der Waals surface area contributed by atoms with Gasteiger partial charge >= 0.3 is 0 Å². The molecule has 8 heteroatoms. The Labute approximate surface area is 191 Å². The maximum absolute atomic E-state index is 13.9. The SMILES string of the molecule is O=C(c1ccc(F)c(F)c1)N1CCN(C(=O)C2(c3ccc4c(c3)OCO4)CCCCC2)CC1. The van der Waals surface area contributed by atoms with E-state index >= 15 is 0 Å². The highest BCUT2D eigenvalue weighted by molar-refractivity contribution is 5.94. The van der Waals surface area contributed by atoms with Crippen molar-refractivity contribution in [2.45, 2.75) is 37.5 Å². The third-order valence-corrected chi connectivity index (χ3v) is 7.06. The zero-order chi connectivity index (χ0) is 23.0. The Morgan fingerprint density at radius 3 is 2.21 bits per heavy atom. The minimum atomic E-state index is -1.04. The average molecular weight is 456 g/mol. The van der Waals surface area contributed by atoms with Crippen LogP contribution in [-0.2, 0) is 10.2 Å². The monoisotopic (exact) mass is 456 g/mol. The van der Waals surface area contributed by atoms with Crippen molar-refractivity contribution in [3.63, 3.8) is 0 Å². The molecule has 2 amide bonds. The van der Waals surface area contributed by atoms with Crippen molar-refractivity contribution < 1.29 is 27.8 Å². The van der Waals surface area contributed by atoms with Gasteiger partial charge in [0.25, 0.3) is 5.91 Å². The summed E-state index contributed by atoms with van der Waals surface area (Å²) in [7, 11) is 0. The highest BCUT2D eigenvalue weighted by Crippen LogP contribution is 2.44. The molecule has 0 unspecified atom stereocenters. The van der Waals surface area contributed by atoms with E-state index in [0.717, 1.165) is 49.8 Å². The van der Waals surface area contributed by atoms with E-state index in [4.69, 9.17) is 9.47 Å². The molecule has 0 spiro atoms. The number of fused-ring (bicyclic) bond motifs is 1. The van der Waals surface area contributed by atoms with Crippen LogP contribution >= 0.6 is 0 Å². The van der Waals surface area contributed by atoms with Gasteiger partial charge in [-0.3, -0.25) is 9.59 Å². The lowest BCUT2D eigenvalue weighted by Gasteiger charge is -2.43. The van der Waals surface area contributed by atoms with E-state index in [-0.39, 0.29) is 24.2 Å². The molecule has 33 heavy (non-hydrogen) atoms. The molecular weight excluding hydrogens is 430 g/mol. The van der Waals surface area contributed by atoms with Crippen molar-refractivity contribution >= 4 is 11.8 Å². The van der Waals surface area contributed by atoms with E-state index in [1.807, 2.05) is 23.1 Å². The predicted octanol–water partition coefficient (Wildman–Crippen LogP) is 3.88. The van der Waals surface area contributed by atoms with Crippen molar-refractivity contribution in [3.8, 4) is 11.5 Å². The minimum Gasteiger partial charge on any atom is -0.454 e. The van der Waals surface area contributed by atoms with E-state index in [2.05, 4.69) is 0 Å². The van der Waals surface area contributed by atoms with Gasteiger partial charge in [0.15, 0.2) is 23.1 Å². The normalized spacial score (nSPS) is 19.5. The first kappa shape index (κ1) is 21.7. The Kier molecular flexibility index (Phi) is 5.68. The third kappa shape index (κ3) is 3.92. The van der Waals surface area contributed by atoms with Gasteiger partial charge < -0.3 is 19.3 Å². The molecule has 2 aromatic carbocycles. The number of nitrogens with zero attached hydrogens (tertiary/aromatic N) is 2. The molecule has 6 nitrogen and oxygen atoms in total. The van der Waals surface area contributed by atoms with Crippen LogP contribution in [0.25, 0.3) is 0 Å². The Morgan fingerprint density at radius 2 is 1.48 bits per heavy atom. The molecule has 5 rings (SSSR count). The summed E-state index contributed by atoms with van der Waals surface area (Å²) in [6.07, 6.45) is 4.62. The van der Waals surface area contributed by atoms with Gasteiger partial charge in [-0.15, -0.1) is 0 Å². The Bertz CT molecular complexity index is 1080. The van der Waals surface area contributed by atoms with Crippen molar-refractivity contribution in [2.75, 3.05) is 33.0 Å². The molecule has 2 fully saturated rings. The first-order valence-corrected chi connectivity index (χ1v) is 11.4. The topological polar surface area (TPSA) is 59.1 Å². The fourth-order valence-corrected chi connectivity index (χ4v) is 5.20. The molecule has 0 aromatic heterocycles. The van der Waals surface area contributed by atoms with Gasteiger partial charge in [0.05, 0.1) is 5.41 Å². The summed E-state index contributed by atoms with van der Waals surface area (Å²) in [5.74, 6) is -0.931. The molecule has 1 saturated carbocycles. The lowest BCUT2D eigenvalue weighted by Crippen LogP contribution is -2.56. The lowest BCUT2D eigenvalue weighted by atomic mass is 9.68. The van der Waals surface area contributed by atoms with Crippen LogP contribution in [0, 0.1) is 11.6 Å². The number of carbonyl (C=O) groups excluding carboxylic acids is 2. The minimum absolute atomic E-state index is 0.0843. The smallest absolute Gasteiger partial charge is 0.254 e. The highest BCUT2D eigenvalue weighted by atomic mass is 19.2. The van der Waals surface area contributed by atoms with E-state index in [1.165, 1.54) is 6.07 Å². The maximum Gasteiger partial charge on any atom is 0.254 e. The molecule has 174 valence electrons. The molecular formula is C25H26F2N2O4. The molecule has 2 heterocycles.